The number of imidazole rings is 1. The monoisotopic (exact) mass is 361 g/mol. The number of ether oxygens (including phenoxy) is 1. The molecule has 2 unspecified atom stereocenters. The highest BCUT2D eigenvalue weighted by molar-refractivity contribution is 5.97. The summed E-state index contributed by atoms with van der Waals surface area (Å²) in [6.45, 7) is 3.19. The van der Waals surface area contributed by atoms with Crippen LogP contribution in [0.1, 0.15) is 40.7 Å². The van der Waals surface area contributed by atoms with Crippen molar-refractivity contribution in [2.45, 2.75) is 32.0 Å². The minimum atomic E-state index is -0.0624. The molecule has 1 saturated heterocycles. The minimum Gasteiger partial charge on any atom is -0.366 e. The highest BCUT2D eigenvalue weighted by Crippen LogP contribution is 2.39. The van der Waals surface area contributed by atoms with Gasteiger partial charge in [-0.25, -0.2) is 4.98 Å². The number of carbonyl (C=O) groups excluding carboxylic acids is 1. The topological polar surface area (TPSA) is 58.2 Å². The number of nitrogens with one attached hydrogen (secondary N) is 1. The molecule has 5 heteroatoms. The SMILES string of the molecule is Cc1nc2ccc(C(=O)N3CC(c4ccccc4)OC(C4CC4)C3)cc2[nH]1. The van der Waals surface area contributed by atoms with Crippen LogP contribution in [0.2, 0.25) is 0 Å². The number of H-pyrrole nitrogens is 1. The Morgan fingerprint density at radius 1 is 1.15 bits per heavy atom. The number of aromatic amines is 1. The lowest BCUT2D eigenvalue weighted by Gasteiger charge is -2.38. The van der Waals surface area contributed by atoms with E-state index < -0.39 is 0 Å². The van der Waals surface area contributed by atoms with Gasteiger partial charge in [0.1, 0.15) is 11.9 Å². The third-order valence-electron chi connectivity index (χ3n) is 5.58. The first-order valence-electron chi connectivity index (χ1n) is 9.63. The van der Waals surface area contributed by atoms with Crippen LogP contribution < -0.4 is 0 Å². The molecule has 138 valence electrons. The summed E-state index contributed by atoms with van der Waals surface area (Å²) in [7, 11) is 0. The average molecular weight is 361 g/mol. The molecule has 2 atom stereocenters. The fraction of sp³-hybridized carbons (Fsp3) is 0.364. The molecule has 2 fully saturated rings. The Morgan fingerprint density at radius 3 is 2.74 bits per heavy atom. The molecule has 27 heavy (non-hydrogen) atoms. The first-order valence-corrected chi connectivity index (χ1v) is 9.63. The van der Waals surface area contributed by atoms with Crippen LogP contribution in [0.15, 0.2) is 48.5 Å². The maximum Gasteiger partial charge on any atom is 0.254 e. The molecule has 1 aliphatic carbocycles. The van der Waals surface area contributed by atoms with Gasteiger partial charge in [-0.2, -0.15) is 0 Å². The maximum atomic E-state index is 13.3. The van der Waals surface area contributed by atoms with Gasteiger partial charge in [-0.3, -0.25) is 4.79 Å². The van der Waals surface area contributed by atoms with E-state index >= 15 is 0 Å². The predicted molar refractivity (Wildman–Crippen MR) is 104 cm³/mol. The van der Waals surface area contributed by atoms with Crippen molar-refractivity contribution in [2.24, 2.45) is 5.92 Å². The summed E-state index contributed by atoms with van der Waals surface area (Å²) in [4.78, 5) is 22.9. The molecular weight excluding hydrogens is 338 g/mol. The number of nitrogens with zero attached hydrogens (tertiary/aromatic N) is 2. The quantitative estimate of drug-likeness (QED) is 0.771. The van der Waals surface area contributed by atoms with Gasteiger partial charge in [-0.15, -0.1) is 0 Å². The number of aryl methyl sites for hydroxylation is 1. The molecule has 2 aromatic carbocycles. The molecule has 2 aliphatic rings. The summed E-state index contributed by atoms with van der Waals surface area (Å²) in [6, 6.07) is 15.9. The summed E-state index contributed by atoms with van der Waals surface area (Å²) in [5.41, 5.74) is 3.64. The van der Waals surface area contributed by atoms with Crippen LogP contribution in [0.25, 0.3) is 11.0 Å². The van der Waals surface area contributed by atoms with Crippen molar-refractivity contribution >= 4 is 16.9 Å². The van der Waals surface area contributed by atoms with Gasteiger partial charge in [0.15, 0.2) is 0 Å². The van der Waals surface area contributed by atoms with Crippen LogP contribution in [0, 0.1) is 12.8 Å². The van der Waals surface area contributed by atoms with Crippen molar-refractivity contribution in [1.82, 2.24) is 14.9 Å². The van der Waals surface area contributed by atoms with Crippen molar-refractivity contribution in [3.8, 4) is 0 Å². The Hall–Kier alpha value is -2.66. The van der Waals surface area contributed by atoms with E-state index in [0.29, 0.717) is 24.6 Å². The number of rotatable bonds is 3. The van der Waals surface area contributed by atoms with Crippen LogP contribution in [-0.2, 0) is 4.74 Å². The van der Waals surface area contributed by atoms with Crippen molar-refractivity contribution in [2.75, 3.05) is 13.1 Å². The molecule has 5 nitrogen and oxygen atoms in total. The summed E-state index contributed by atoms with van der Waals surface area (Å²) >= 11 is 0. The third kappa shape index (κ3) is 3.23. The van der Waals surface area contributed by atoms with Crippen molar-refractivity contribution in [3.63, 3.8) is 0 Å². The smallest absolute Gasteiger partial charge is 0.254 e. The Balaban J connectivity index is 1.43. The highest BCUT2D eigenvalue weighted by Gasteiger charge is 2.40. The van der Waals surface area contributed by atoms with Crippen molar-refractivity contribution in [1.29, 1.82) is 0 Å². The molecule has 1 aromatic heterocycles. The molecule has 0 spiro atoms. The molecule has 1 aliphatic heterocycles. The Morgan fingerprint density at radius 2 is 1.96 bits per heavy atom. The lowest BCUT2D eigenvalue weighted by molar-refractivity contribution is -0.0863. The second-order valence-electron chi connectivity index (χ2n) is 7.68. The number of amides is 1. The molecule has 1 amide bonds. The predicted octanol–water partition coefficient (Wildman–Crippen LogP) is 3.86. The fourth-order valence-corrected chi connectivity index (χ4v) is 3.99. The number of morpholine rings is 1. The summed E-state index contributed by atoms with van der Waals surface area (Å²) in [6.07, 6.45) is 2.47. The number of carbonyl (C=O) groups is 1. The van der Waals surface area contributed by atoms with Gasteiger partial charge >= 0.3 is 0 Å². The highest BCUT2D eigenvalue weighted by atomic mass is 16.5. The standard InChI is InChI=1S/C22H23N3O2/c1-14-23-18-10-9-17(11-19(18)24-14)22(26)25-12-20(15-5-3-2-4-6-15)27-21(13-25)16-7-8-16/h2-6,9-11,16,20-21H,7-8,12-13H2,1H3,(H,23,24). The fourth-order valence-electron chi connectivity index (χ4n) is 3.99. The second kappa shape index (κ2) is 6.50. The van der Waals surface area contributed by atoms with Gasteiger partial charge in [-0.1, -0.05) is 30.3 Å². The molecule has 1 N–H and O–H groups in total. The molecule has 0 radical (unpaired) electrons. The average Bonchev–Trinajstić information content (AvgIpc) is 3.48. The number of hydrogen-bond donors (Lipinski definition) is 1. The molecule has 2 heterocycles. The van der Waals surface area contributed by atoms with Crippen LogP contribution >= 0.6 is 0 Å². The van der Waals surface area contributed by atoms with Crippen LogP contribution in [0.3, 0.4) is 0 Å². The maximum absolute atomic E-state index is 13.3. The van der Waals surface area contributed by atoms with Crippen molar-refractivity contribution < 1.29 is 9.53 Å². The van der Waals surface area contributed by atoms with E-state index in [1.54, 1.807) is 0 Å². The summed E-state index contributed by atoms with van der Waals surface area (Å²) in [5.74, 6) is 1.52. The molecule has 0 bridgehead atoms. The molecular formula is C22H23N3O2. The number of aromatic nitrogens is 2. The van der Waals surface area contributed by atoms with Gasteiger partial charge in [-0.05, 0) is 49.4 Å². The van der Waals surface area contributed by atoms with Gasteiger partial charge in [0.2, 0.25) is 0 Å². The van der Waals surface area contributed by atoms with Crippen molar-refractivity contribution in [3.05, 3.63) is 65.5 Å². The Kier molecular flexibility index (Phi) is 3.97. The first kappa shape index (κ1) is 16.5. The van der Waals surface area contributed by atoms with Gasteiger partial charge < -0.3 is 14.6 Å². The summed E-state index contributed by atoms with van der Waals surface area (Å²) < 4.78 is 6.38. The van der Waals surface area contributed by atoms with Gasteiger partial charge in [0.05, 0.1) is 23.7 Å². The van der Waals surface area contributed by atoms with Gasteiger partial charge in [0.25, 0.3) is 5.91 Å². The summed E-state index contributed by atoms with van der Waals surface area (Å²) in [5, 5.41) is 0. The number of fused-ring (bicyclic) bond motifs is 1. The van der Waals surface area contributed by atoms with E-state index in [-0.39, 0.29) is 18.1 Å². The van der Waals surface area contributed by atoms with Crippen LogP contribution in [-0.4, -0.2) is 40.0 Å². The van der Waals surface area contributed by atoms with E-state index in [1.807, 2.05) is 48.2 Å². The first-order chi connectivity index (χ1) is 13.2. The Labute approximate surface area is 158 Å². The van der Waals surface area contributed by atoms with E-state index in [2.05, 4.69) is 22.1 Å². The molecule has 1 saturated carbocycles. The van der Waals surface area contributed by atoms with E-state index in [4.69, 9.17) is 4.74 Å². The van der Waals surface area contributed by atoms with Crippen LogP contribution in [0.4, 0.5) is 0 Å². The van der Waals surface area contributed by atoms with E-state index in [1.165, 1.54) is 12.8 Å². The lowest BCUT2D eigenvalue weighted by atomic mass is 10.0. The van der Waals surface area contributed by atoms with E-state index in [9.17, 15) is 4.79 Å². The molecule has 5 rings (SSSR count). The number of benzene rings is 2. The third-order valence-corrected chi connectivity index (χ3v) is 5.58. The minimum absolute atomic E-state index is 0.0624. The van der Waals surface area contributed by atoms with Gasteiger partial charge in [0, 0.05) is 12.1 Å². The number of hydrogen-bond acceptors (Lipinski definition) is 3. The zero-order chi connectivity index (χ0) is 18.4. The lowest BCUT2D eigenvalue weighted by Crippen LogP contribution is -2.47. The normalized spacial score (nSPS) is 22.9. The van der Waals surface area contributed by atoms with E-state index in [0.717, 1.165) is 22.4 Å². The zero-order valence-corrected chi connectivity index (χ0v) is 15.4. The second-order valence-corrected chi connectivity index (χ2v) is 7.68. The zero-order valence-electron chi connectivity index (χ0n) is 15.4. The van der Waals surface area contributed by atoms with Crippen LogP contribution in [0.5, 0.6) is 0 Å². The largest absolute Gasteiger partial charge is 0.366 e. The Bertz CT molecular complexity index is 978. The molecule has 3 aromatic rings.